The number of rotatable bonds is 1. The highest BCUT2D eigenvalue weighted by Crippen LogP contribution is 2.32. The first kappa shape index (κ1) is 12.4. The van der Waals surface area contributed by atoms with Crippen LogP contribution in [0.25, 0.3) is 10.2 Å². The predicted molar refractivity (Wildman–Crippen MR) is 79.5 cm³/mol. The monoisotopic (exact) mass is 296 g/mol. The molecule has 2 aromatic heterocycles. The molecule has 2 heterocycles. The number of H-pyrrole nitrogens is 1. The van der Waals surface area contributed by atoms with Gasteiger partial charge in [0.1, 0.15) is 4.83 Å². The van der Waals surface area contributed by atoms with Crippen LogP contribution in [0.4, 0.5) is 0 Å². The number of aryl methyl sites for hydroxylation is 2. The van der Waals surface area contributed by atoms with E-state index in [9.17, 15) is 9.59 Å². The van der Waals surface area contributed by atoms with Gasteiger partial charge in [0.15, 0.2) is 5.11 Å². The van der Waals surface area contributed by atoms with E-state index >= 15 is 0 Å². The Labute approximate surface area is 117 Å². The summed E-state index contributed by atoms with van der Waals surface area (Å²) >= 11 is 6.17. The van der Waals surface area contributed by atoms with Crippen LogP contribution >= 0.6 is 23.6 Å². The van der Waals surface area contributed by atoms with Crippen molar-refractivity contribution in [3.63, 3.8) is 0 Å². The lowest BCUT2D eigenvalue weighted by Crippen LogP contribution is -2.45. The second-order valence-corrected chi connectivity index (χ2v) is 6.01. The summed E-state index contributed by atoms with van der Waals surface area (Å²) in [6, 6.07) is 0. The zero-order valence-corrected chi connectivity index (χ0v) is 11.6. The SMILES string of the molecule is NC(=S)Nn1c(=O)[nH]c2sc3c(c2c1=O)CCCC3. The Morgan fingerprint density at radius 1 is 1.37 bits per heavy atom. The first-order valence-electron chi connectivity index (χ1n) is 5.94. The van der Waals surface area contributed by atoms with Gasteiger partial charge in [-0.2, -0.15) is 4.68 Å². The summed E-state index contributed by atoms with van der Waals surface area (Å²) in [5.74, 6) is 0. The Morgan fingerprint density at radius 3 is 2.84 bits per heavy atom. The first-order valence-corrected chi connectivity index (χ1v) is 7.16. The van der Waals surface area contributed by atoms with Gasteiger partial charge < -0.3 is 5.73 Å². The summed E-state index contributed by atoms with van der Waals surface area (Å²) in [6.07, 6.45) is 4.05. The minimum absolute atomic E-state index is 0.115. The second kappa shape index (κ2) is 4.46. The summed E-state index contributed by atoms with van der Waals surface area (Å²) in [7, 11) is 0. The molecule has 0 amide bonds. The third kappa shape index (κ3) is 1.96. The fourth-order valence-corrected chi connectivity index (χ4v) is 3.81. The second-order valence-electron chi connectivity index (χ2n) is 4.46. The van der Waals surface area contributed by atoms with Gasteiger partial charge in [-0.1, -0.05) is 0 Å². The molecule has 0 unspecified atom stereocenters. The molecule has 0 radical (unpaired) electrons. The molecule has 2 aromatic rings. The van der Waals surface area contributed by atoms with Gasteiger partial charge in [0, 0.05) is 4.88 Å². The van der Waals surface area contributed by atoms with Crippen molar-refractivity contribution in [1.82, 2.24) is 9.66 Å². The number of aromatic amines is 1. The molecule has 4 N–H and O–H groups in total. The number of thiocarbonyl (C=S) groups is 1. The van der Waals surface area contributed by atoms with Crippen LogP contribution in [0.15, 0.2) is 9.59 Å². The van der Waals surface area contributed by atoms with Crippen molar-refractivity contribution in [2.45, 2.75) is 25.7 Å². The Morgan fingerprint density at radius 2 is 2.11 bits per heavy atom. The Hall–Kier alpha value is -1.67. The molecular formula is C11H12N4O2S2. The van der Waals surface area contributed by atoms with E-state index in [-0.39, 0.29) is 10.7 Å². The molecule has 19 heavy (non-hydrogen) atoms. The van der Waals surface area contributed by atoms with Crippen molar-refractivity contribution < 1.29 is 0 Å². The third-order valence-electron chi connectivity index (χ3n) is 3.23. The maximum atomic E-state index is 12.4. The molecule has 0 bridgehead atoms. The number of thiophene rings is 1. The van der Waals surface area contributed by atoms with Gasteiger partial charge >= 0.3 is 5.69 Å². The largest absolute Gasteiger partial charge is 0.375 e. The predicted octanol–water partition coefficient (Wildman–Crippen LogP) is 0.417. The van der Waals surface area contributed by atoms with E-state index in [4.69, 9.17) is 5.73 Å². The van der Waals surface area contributed by atoms with E-state index in [1.165, 1.54) is 16.2 Å². The van der Waals surface area contributed by atoms with Crippen molar-refractivity contribution in [1.29, 1.82) is 0 Å². The average Bonchev–Trinajstić information content (AvgIpc) is 2.72. The first-order chi connectivity index (χ1) is 9.08. The smallest absolute Gasteiger partial charge is 0.348 e. The van der Waals surface area contributed by atoms with Gasteiger partial charge in [-0.15, -0.1) is 11.3 Å². The van der Waals surface area contributed by atoms with E-state index in [1.54, 1.807) is 0 Å². The zero-order chi connectivity index (χ0) is 13.6. The van der Waals surface area contributed by atoms with Crippen molar-refractivity contribution in [2.75, 3.05) is 5.43 Å². The number of hydrogen-bond donors (Lipinski definition) is 3. The third-order valence-corrected chi connectivity index (χ3v) is 4.53. The van der Waals surface area contributed by atoms with Crippen molar-refractivity contribution >= 4 is 38.9 Å². The highest BCUT2D eigenvalue weighted by atomic mass is 32.1. The maximum Gasteiger partial charge on any atom is 0.348 e. The summed E-state index contributed by atoms with van der Waals surface area (Å²) < 4.78 is 0.840. The van der Waals surface area contributed by atoms with Crippen LogP contribution in [-0.4, -0.2) is 14.8 Å². The standard InChI is InChI=1S/C11H12N4O2S2/c12-10(18)14-15-9(16)7-5-3-1-2-4-6(5)19-8(7)13-11(15)17/h1-4H2,(H,13,17)(H3,12,14,18). The van der Waals surface area contributed by atoms with Crippen LogP contribution < -0.4 is 22.4 Å². The Kier molecular flexibility index (Phi) is 2.90. The molecule has 1 aliphatic carbocycles. The molecule has 0 fully saturated rings. The summed E-state index contributed by atoms with van der Waals surface area (Å²) in [5, 5.41) is 0.471. The molecule has 0 aromatic carbocycles. The van der Waals surface area contributed by atoms with Crippen LogP contribution in [-0.2, 0) is 12.8 Å². The summed E-state index contributed by atoms with van der Waals surface area (Å²) in [5.41, 5.74) is 7.86. The highest BCUT2D eigenvalue weighted by Gasteiger charge is 2.20. The topological polar surface area (TPSA) is 92.9 Å². The van der Waals surface area contributed by atoms with E-state index in [1.807, 2.05) is 0 Å². The normalized spacial score (nSPS) is 14.3. The molecule has 8 heteroatoms. The van der Waals surface area contributed by atoms with Crippen LogP contribution in [0, 0.1) is 0 Å². The molecule has 1 aliphatic rings. The van der Waals surface area contributed by atoms with Gasteiger partial charge in [0.05, 0.1) is 5.39 Å². The van der Waals surface area contributed by atoms with Crippen molar-refractivity contribution in [2.24, 2.45) is 5.73 Å². The van der Waals surface area contributed by atoms with Gasteiger partial charge in [0.2, 0.25) is 0 Å². The number of fused-ring (bicyclic) bond motifs is 3. The van der Waals surface area contributed by atoms with Crippen LogP contribution in [0.3, 0.4) is 0 Å². The van der Waals surface area contributed by atoms with Crippen molar-refractivity contribution in [3.8, 4) is 0 Å². The molecule has 0 atom stereocenters. The van der Waals surface area contributed by atoms with Gasteiger partial charge in [-0.25, -0.2) is 4.79 Å². The summed E-state index contributed by atoms with van der Waals surface area (Å²) in [4.78, 5) is 28.8. The fourth-order valence-electron chi connectivity index (χ4n) is 2.45. The number of aromatic nitrogens is 2. The molecule has 0 saturated heterocycles. The lowest BCUT2D eigenvalue weighted by molar-refractivity contribution is 0.699. The van der Waals surface area contributed by atoms with E-state index < -0.39 is 5.69 Å². The molecule has 0 spiro atoms. The van der Waals surface area contributed by atoms with Gasteiger partial charge in [0.25, 0.3) is 5.56 Å². The highest BCUT2D eigenvalue weighted by molar-refractivity contribution is 7.80. The molecule has 6 nitrogen and oxygen atoms in total. The van der Waals surface area contributed by atoms with Gasteiger partial charge in [-0.05, 0) is 43.5 Å². The lowest BCUT2D eigenvalue weighted by Gasteiger charge is -2.10. The quantitative estimate of drug-likeness (QED) is 0.663. The lowest BCUT2D eigenvalue weighted by atomic mass is 9.97. The summed E-state index contributed by atoms with van der Waals surface area (Å²) in [6.45, 7) is 0. The molecular weight excluding hydrogens is 284 g/mol. The van der Waals surface area contributed by atoms with Crippen molar-refractivity contribution in [3.05, 3.63) is 31.3 Å². The van der Waals surface area contributed by atoms with E-state index in [0.29, 0.717) is 10.2 Å². The number of nitrogens with one attached hydrogen (secondary N) is 2. The molecule has 0 saturated carbocycles. The average molecular weight is 296 g/mol. The fraction of sp³-hybridized carbons (Fsp3) is 0.364. The van der Waals surface area contributed by atoms with Crippen LogP contribution in [0.1, 0.15) is 23.3 Å². The van der Waals surface area contributed by atoms with E-state index in [0.717, 1.165) is 35.9 Å². The zero-order valence-electron chi connectivity index (χ0n) is 9.99. The number of nitrogens with two attached hydrogens (primary N) is 1. The van der Waals surface area contributed by atoms with Gasteiger partial charge in [-0.3, -0.25) is 15.2 Å². The van der Waals surface area contributed by atoms with Crippen LogP contribution in [0.5, 0.6) is 0 Å². The Balaban J connectivity index is 2.33. The van der Waals surface area contributed by atoms with Crippen LogP contribution in [0.2, 0.25) is 0 Å². The Bertz CT molecular complexity index is 786. The number of nitrogens with zero attached hydrogens (tertiary/aromatic N) is 1. The minimum atomic E-state index is -0.552. The number of hydrogen-bond acceptors (Lipinski definition) is 4. The maximum absolute atomic E-state index is 12.4. The minimum Gasteiger partial charge on any atom is -0.375 e. The molecule has 100 valence electrons. The molecule has 3 rings (SSSR count). The molecule has 0 aliphatic heterocycles. The van der Waals surface area contributed by atoms with E-state index in [2.05, 4.69) is 22.6 Å².